The summed E-state index contributed by atoms with van der Waals surface area (Å²) in [6, 6.07) is 4.26. The van der Waals surface area contributed by atoms with E-state index < -0.39 is 10.2 Å². The molecule has 1 aromatic carbocycles. The molecule has 0 aliphatic rings. The quantitative estimate of drug-likeness (QED) is 0.417. The number of nitrogens with zero attached hydrogens (tertiary/aromatic N) is 1. The number of nitro benzene ring substituents is 1. The van der Waals surface area contributed by atoms with Gasteiger partial charge < -0.3 is 0 Å². The zero-order chi connectivity index (χ0) is 10.0. The smallest absolute Gasteiger partial charge is 0.275 e. The summed E-state index contributed by atoms with van der Waals surface area (Å²) >= 11 is 5.16. The average molecular weight is 200 g/mol. The molecule has 68 valence electrons. The summed E-state index contributed by atoms with van der Waals surface area (Å²) in [6.07, 6.45) is 0. The van der Waals surface area contributed by atoms with Crippen molar-refractivity contribution in [1.82, 2.24) is 0 Å². The van der Waals surface area contributed by atoms with Crippen LogP contribution in [0.5, 0.6) is 0 Å². The van der Waals surface area contributed by atoms with Gasteiger partial charge in [-0.2, -0.15) is 0 Å². The fourth-order valence-corrected chi connectivity index (χ4v) is 1.12. The summed E-state index contributed by atoms with van der Waals surface area (Å²) in [5.74, 6) is 0. The summed E-state index contributed by atoms with van der Waals surface area (Å²) < 4.78 is 0. The Bertz CT molecular complexity index is 376. The van der Waals surface area contributed by atoms with Crippen LogP contribution in [0.1, 0.15) is 15.9 Å². The lowest BCUT2D eigenvalue weighted by atomic mass is 10.1. The van der Waals surface area contributed by atoms with Gasteiger partial charge in [-0.3, -0.25) is 14.9 Å². The number of halogens is 1. The number of rotatable bonds is 2. The van der Waals surface area contributed by atoms with Crippen molar-refractivity contribution in [3.05, 3.63) is 39.4 Å². The maximum Gasteiger partial charge on any atom is 0.281 e. The van der Waals surface area contributed by atoms with E-state index in [1.54, 1.807) is 13.0 Å². The van der Waals surface area contributed by atoms with Crippen molar-refractivity contribution in [1.29, 1.82) is 0 Å². The summed E-state index contributed by atoms with van der Waals surface area (Å²) in [5.41, 5.74) is 0.394. The predicted octanol–water partition coefficient (Wildman–Crippen LogP) is 2.28. The van der Waals surface area contributed by atoms with Crippen molar-refractivity contribution in [3.8, 4) is 0 Å². The number of benzene rings is 1. The van der Waals surface area contributed by atoms with Crippen LogP contribution in [0.15, 0.2) is 18.2 Å². The van der Waals surface area contributed by atoms with Gasteiger partial charge in [-0.05, 0) is 30.2 Å². The second-order valence-corrected chi connectivity index (χ2v) is 2.89. The molecular formula is C8H6ClNO3. The Balaban J connectivity index is 3.35. The number of aryl methyl sites for hydroxylation is 1. The largest absolute Gasteiger partial charge is 0.281 e. The lowest BCUT2D eigenvalue weighted by Gasteiger charge is -1.98. The van der Waals surface area contributed by atoms with Crippen LogP contribution in [-0.2, 0) is 0 Å². The Hall–Kier alpha value is -1.42. The Kier molecular flexibility index (Phi) is 2.63. The maximum absolute atomic E-state index is 10.7. The van der Waals surface area contributed by atoms with Gasteiger partial charge >= 0.3 is 0 Å². The van der Waals surface area contributed by atoms with Crippen LogP contribution >= 0.6 is 11.6 Å². The molecule has 0 bridgehead atoms. The maximum atomic E-state index is 10.7. The van der Waals surface area contributed by atoms with Gasteiger partial charge in [0.1, 0.15) is 5.56 Å². The molecule has 0 spiro atoms. The second-order valence-electron chi connectivity index (χ2n) is 2.55. The molecule has 0 amide bonds. The van der Waals surface area contributed by atoms with Gasteiger partial charge in [0.15, 0.2) is 0 Å². The predicted molar refractivity (Wildman–Crippen MR) is 48.0 cm³/mol. The van der Waals surface area contributed by atoms with Gasteiger partial charge in [-0.15, -0.1) is 0 Å². The van der Waals surface area contributed by atoms with E-state index in [1.165, 1.54) is 12.1 Å². The molecule has 0 saturated heterocycles. The van der Waals surface area contributed by atoms with E-state index in [9.17, 15) is 14.9 Å². The third-order valence-corrected chi connectivity index (χ3v) is 1.77. The fraction of sp³-hybridized carbons (Fsp3) is 0.125. The molecule has 1 aromatic rings. The van der Waals surface area contributed by atoms with Crippen LogP contribution in [0.25, 0.3) is 0 Å². The first-order valence-electron chi connectivity index (χ1n) is 3.47. The van der Waals surface area contributed by atoms with Crippen LogP contribution in [0.2, 0.25) is 0 Å². The molecule has 0 unspecified atom stereocenters. The van der Waals surface area contributed by atoms with Crippen molar-refractivity contribution < 1.29 is 9.72 Å². The van der Waals surface area contributed by atoms with Crippen molar-refractivity contribution in [2.75, 3.05) is 0 Å². The molecule has 0 fully saturated rings. The van der Waals surface area contributed by atoms with E-state index in [1.807, 2.05) is 0 Å². The highest BCUT2D eigenvalue weighted by molar-refractivity contribution is 6.68. The normalized spacial score (nSPS) is 9.69. The molecule has 1 rings (SSSR count). The van der Waals surface area contributed by atoms with E-state index in [0.29, 0.717) is 5.56 Å². The summed E-state index contributed by atoms with van der Waals surface area (Å²) in [7, 11) is 0. The number of carbonyl (C=O) groups excluding carboxylic acids is 1. The van der Waals surface area contributed by atoms with Gasteiger partial charge in [-0.25, -0.2) is 0 Å². The van der Waals surface area contributed by atoms with Crippen LogP contribution < -0.4 is 0 Å². The van der Waals surface area contributed by atoms with E-state index in [4.69, 9.17) is 11.6 Å². The lowest BCUT2D eigenvalue weighted by molar-refractivity contribution is -0.385. The summed E-state index contributed by atoms with van der Waals surface area (Å²) in [4.78, 5) is 20.6. The topological polar surface area (TPSA) is 60.2 Å². The molecular weight excluding hydrogens is 194 g/mol. The minimum Gasteiger partial charge on any atom is -0.275 e. The number of carbonyl (C=O) groups is 1. The highest BCUT2D eigenvalue weighted by Gasteiger charge is 2.17. The molecule has 0 aliphatic heterocycles. The molecule has 0 radical (unpaired) electrons. The number of nitro groups is 1. The van der Waals surface area contributed by atoms with Gasteiger partial charge in [0.2, 0.25) is 0 Å². The Morgan fingerprint density at radius 1 is 1.54 bits per heavy atom. The minimum absolute atomic E-state index is 0.0720. The van der Waals surface area contributed by atoms with Crippen LogP contribution in [-0.4, -0.2) is 10.2 Å². The molecule has 13 heavy (non-hydrogen) atoms. The molecule has 0 aliphatic carbocycles. The Morgan fingerprint density at radius 3 is 2.62 bits per heavy atom. The number of hydrogen-bond acceptors (Lipinski definition) is 3. The average Bonchev–Trinajstić information content (AvgIpc) is 2.03. The molecule has 0 atom stereocenters. The first kappa shape index (κ1) is 9.67. The first-order chi connectivity index (χ1) is 6.02. The SMILES string of the molecule is Cc1ccc(C(=O)Cl)c([N+](=O)[O-])c1. The van der Waals surface area contributed by atoms with Crippen molar-refractivity contribution >= 4 is 22.5 Å². The Labute approximate surface area is 79.3 Å². The summed E-state index contributed by atoms with van der Waals surface area (Å²) in [6.45, 7) is 1.70. The van der Waals surface area contributed by atoms with E-state index >= 15 is 0 Å². The van der Waals surface area contributed by atoms with Crippen LogP contribution in [0.3, 0.4) is 0 Å². The minimum atomic E-state index is -0.813. The van der Waals surface area contributed by atoms with Crippen LogP contribution in [0.4, 0.5) is 5.69 Å². The highest BCUT2D eigenvalue weighted by Crippen LogP contribution is 2.21. The monoisotopic (exact) mass is 199 g/mol. The highest BCUT2D eigenvalue weighted by atomic mass is 35.5. The zero-order valence-electron chi connectivity index (χ0n) is 6.78. The van der Waals surface area contributed by atoms with Gasteiger partial charge in [-0.1, -0.05) is 6.07 Å². The third-order valence-electron chi connectivity index (χ3n) is 1.56. The second kappa shape index (κ2) is 3.53. The molecule has 5 heteroatoms. The van der Waals surface area contributed by atoms with E-state index in [2.05, 4.69) is 0 Å². The third kappa shape index (κ3) is 2.03. The van der Waals surface area contributed by atoms with Gasteiger partial charge in [0.05, 0.1) is 4.92 Å². The van der Waals surface area contributed by atoms with Gasteiger partial charge in [0.25, 0.3) is 10.9 Å². The molecule has 0 saturated carbocycles. The van der Waals surface area contributed by atoms with E-state index in [-0.39, 0.29) is 11.3 Å². The van der Waals surface area contributed by atoms with E-state index in [0.717, 1.165) is 0 Å². The standard InChI is InChI=1S/C8H6ClNO3/c1-5-2-3-6(8(9)11)7(4-5)10(12)13/h2-4H,1H3. The van der Waals surface area contributed by atoms with Crippen molar-refractivity contribution in [2.45, 2.75) is 6.92 Å². The molecule has 0 N–H and O–H groups in total. The molecule has 0 aromatic heterocycles. The lowest BCUT2D eigenvalue weighted by Crippen LogP contribution is -1.98. The van der Waals surface area contributed by atoms with Crippen molar-refractivity contribution in [2.24, 2.45) is 0 Å². The number of hydrogen-bond donors (Lipinski definition) is 0. The summed E-state index contributed by atoms with van der Waals surface area (Å²) in [5, 5.41) is 9.66. The Morgan fingerprint density at radius 2 is 2.15 bits per heavy atom. The fourth-order valence-electron chi connectivity index (χ4n) is 0.959. The zero-order valence-corrected chi connectivity index (χ0v) is 7.54. The van der Waals surface area contributed by atoms with Crippen LogP contribution in [0, 0.1) is 17.0 Å². The molecule has 0 heterocycles. The van der Waals surface area contributed by atoms with Gasteiger partial charge in [0, 0.05) is 6.07 Å². The van der Waals surface area contributed by atoms with Crippen molar-refractivity contribution in [3.63, 3.8) is 0 Å². The molecule has 4 nitrogen and oxygen atoms in total. The first-order valence-corrected chi connectivity index (χ1v) is 3.85.